The maximum Gasteiger partial charge on any atom is 0.415 e. The highest BCUT2D eigenvalue weighted by molar-refractivity contribution is 5.78. The molecule has 1 aliphatic heterocycles. The number of aromatic nitrogens is 2. The zero-order valence-corrected chi connectivity index (χ0v) is 11.4. The summed E-state index contributed by atoms with van der Waals surface area (Å²) in [7, 11) is 1.86. The molecule has 0 bridgehead atoms. The Labute approximate surface area is 112 Å². The van der Waals surface area contributed by atoms with Crippen LogP contribution < -0.4 is 4.57 Å². The summed E-state index contributed by atoms with van der Waals surface area (Å²) >= 11 is 0. The Hall–Kier alpha value is -1.85. The minimum atomic E-state index is -0.196. The number of hydrogen-bond donors (Lipinski definition) is 0. The van der Waals surface area contributed by atoms with Crippen molar-refractivity contribution < 1.29 is 18.9 Å². The highest BCUT2D eigenvalue weighted by Crippen LogP contribution is 2.18. The molecule has 1 aromatic heterocycles. The van der Waals surface area contributed by atoms with E-state index in [4.69, 9.17) is 4.74 Å². The molecule has 1 amide bonds. The van der Waals surface area contributed by atoms with Crippen LogP contribution >= 0.6 is 0 Å². The van der Waals surface area contributed by atoms with E-state index in [-0.39, 0.29) is 17.9 Å². The molecule has 2 rings (SSSR count). The van der Waals surface area contributed by atoms with Gasteiger partial charge in [0.05, 0.1) is 19.6 Å². The van der Waals surface area contributed by atoms with E-state index in [0.717, 1.165) is 12.8 Å². The minimum Gasteiger partial charge on any atom is -0.466 e. The lowest BCUT2D eigenvalue weighted by molar-refractivity contribution is -0.670. The van der Waals surface area contributed by atoms with Gasteiger partial charge in [-0.3, -0.25) is 4.79 Å². The van der Waals surface area contributed by atoms with E-state index in [2.05, 4.69) is 0 Å². The van der Waals surface area contributed by atoms with Crippen molar-refractivity contribution in [2.24, 2.45) is 13.0 Å². The van der Waals surface area contributed by atoms with Crippen LogP contribution in [0.4, 0.5) is 4.79 Å². The van der Waals surface area contributed by atoms with Gasteiger partial charge in [0, 0.05) is 13.1 Å². The summed E-state index contributed by atoms with van der Waals surface area (Å²) < 4.78 is 8.38. The van der Waals surface area contributed by atoms with Gasteiger partial charge in [0.15, 0.2) is 0 Å². The highest BCUT2D eigenvalue weighted by atomic mass is 16.5. The number of carbonyl (C=O) groups excluding carboxylic acids is 2. The molecule has 6 nitrogen and oxygen atoms in total. The number of carbonyl (C=O) groups is 2. The lowest BCUT2D eigenvalue weighted by atomic mass is 9.98. The molecule has 1 aliphatic rings. The van der Waals surface area contributed by atoms with Gasteiger partial charge in [0.1, 0.15) is 12.4 Å². The van der Waals surface area contributed by atoms with Gasteiger partial charge < -0.3 is 9.64 Å². The van der Waals surface area contributed by atoms with Crippen LogP contribution in [0, 0.1) is 5.92 Å². The Morgan fingerprint density at radius 2 is 2.26 bits per heavy atom. The fraction of sp³-hybridized carbons (Fsp3) is 0.615. The normalized spacial score (nSPS) is 19.3. The van der Waals surface area contributed by atoms with Gasteiger partial charge in [-0.1, -0.05) is 0 Å². The first kappa shape index (κ1) is 13.6. The van der Waals surface area contributed by atoms with Gasteiger partial charge >= 0.3 is 12.0 Å². The summed E-state index contributed by atoms with van der Waals surface area (Å²) in [5.74, 6) is -0.389. The smallest absolute Gasteiger partial charge is 0.415 e. The van der Waals surface area contributed by atoms with E-state index in [1.165, 1.54) is 4.57 Å². The summed E-state index contributed by atoms with van der Waals surface area (Å²) in [6.45, 7) is 3.32. The number of esters is 1. The largest absolute Gasteiger partial charge is 0.466 e. The van der Waals surface area contributed by atoms with Gasteiger partial charge in [-0.05, 0) is 19.8 Å². The molecule has 6 heteroatoms. The summed E-state index contributed by atoms with van der Waals surface area (Å²) in [6, 6.07) is -0.0883. The van der Waals surface area contributed by atoms with Crippen LogP contribution in [0.3, 0.4) is 0 Å². The summed E-state index contributed by atoms with van der Waals surface area (Å²) in [5.41, 5.74) is 0. The molecule has 1 aromatic rings. The average Bonchev–Trinajstić information content (AvgIpc) is 2.85. The number of nitrogens with zero attached hydrogens (tertiary/aromatic N) is 3. The third-order valence-corrected chi connectivity index (χ3v) is 3.30. The molecular weight excluding hydrogens is 246 g/mol. The third kappa shape index (κ3) is 3.13. The van der Waals surface area contributed by atoms with Crippen LogP contribution in [0.15, 0.2) is 18.7 Å². The first-order valence-corrected chi connectivity index (χ1v) is 6.61. The maximum absolute atomic E-state index is 12.3. The molecule has 0 aromatic carbocycles. The number of piperidine rings is 1. The molecule has 19 heavy (non-hydrogen) atoms. The number of aryl methyl sites for hydroxylation is 1. The van der Waals surface area contributed by atoms with E-state index in [1.54, 1.807) is 24.3 Å². The third-order valence-electron chi connectivity index (χ3n) is 3.30. The van der Waals surface area contributed by atoms with Crippen LogP contribution in [0.1, 0.15) is 19.8 Å². The van der Waals surface area contributed by atoms with Crippen LogP contribution in [0.5, 0.6) is 0 Å². The van der Waals surface area contributed by atoms with Crippen LogP contribution in [0.25, 0.3) is 0 Å². The van der Waals surface area contributed by atoms with Crippen LogP contribution in [-0.2, 0) is 16.6 Å². The fourth-order valence-electron chi connectivity index (χ4n) is 2.33. The summed E-state index contributed by atoms with van der Waals surface area (Å²) in [6.07, 6.45) is 6.88. The topological polar surface area (TPSA) is 55.4 Å². The maximum atomic E-state index is 12.3. The molecule has 0 N–H and O–H groups in total. The van der Waals surface area contributed by atoms with Gasteiger partial charge in [0.2, 0.25) is 0 Å². The molecule has 1 fully saturated rings. The fourth-order valence-corrected chi connectivity index (χ4v) is 2.33. The number of ether oxygens (including phenoxy) is 1. The van der Waals surface area contributed by atoms with Gasteiger partial charge in [-0.15, -0.1) is 0 Å². The standard InChI is InChI=1S/C13H20N3O3/c1-3-19-12(17)11-5-4-6-15(9-11)13(18)16-8-7-14(2)10-16/h7-8,10-11H,3-6,9H2,1-2H3/q+1/t11-/m0/s1. The Bertz CT molecular complexity index is 469. The van der Waals surface area contributed by atoms with Crippen LogP contribution in [0.2, 0.25) is 0 Å². The second kappa shape index (κ2) is 5.86. The molecule has 2 heterocycles. The molecule has 0 unspecified atom stereocenters. The van der Waals surface area contributed by atoms with E-state index in [9.17, 15) is 9.59 Å². The number of hydrogen-bond acceptors (Lipinski definition) is 3. The quantitative estimate of drug-likeness (QED) is 0.580. The molecule has 104 valence electrons. The van der Waals surface area contributed by atoms with Crippen molar-refractivity contribution in [3.05, 3.63) is 18.7 Å². The van der Waals surface area contributed by atoms with E-state index >= 15 is 0 Å². The minimum absolute atomic E-state index is 0.0883. The Morgan fingerprint density at radius 1 is 1.47 bits per heavy atom. The molecule has 0 saturated carbocycles. The number of amides is 1. The predicted molar refractivity (Wildman–Crippen MR) is 67.3 cm³/mol. The number of rotatable bonds is 2. The molecule has 0 spiro atoms. The van der Waals surface area contributed by atoms with Crippen molar-refractivity contribution in [1.82, 2.24) is 9.47 Å². The zero-order valence-electron chi connectivity index (χ0n) is 11.4. The second-order valence-electron chi connectivity index (χ2n) is 4.81. The first-order chi connectivity index (χ1) is 9.11. The molecular formula is C13H20N3O3+. The molecule has 1 saturated heterocycles. The van der Waals surface area contributed by atoms with Crippen molar-refractivity contribution in [2.75, 3.05) is 19.7 Å². The van der Waals surface area contributed by atoms with E-state index in [0.29, 0.717) is 19.7 Å². The second-order valence-corrected chi connectivity index (χ2v) is 4.81. The molecule has 0 aliphatic carbocycles. The Balaban J connectivity index is 2.01. The lowest BCUT2D eigenvalue weighted by Crippen LogP contribution is -2.44. The SMILES string of the molecule is CCOC(=O)[C@H]1CCCN(C(=O)n2cc[n+](C)c2)C1. The van der Waals surface area contributed by atoms with Gasteiger partial charge in [-0.25, -0.2) is 9.36 Å². The number of likely N-dealkylation sites (tertiary alicyclic amines) is 1. The molecule has 1 atom stereocenters. The van der Waals surface area contributed by atoms with E-state index in [1.807, 2.05) is 17.8 Å². The Kier molecular flexibility index (Phi) is 4.19. The van der Waals surface area contributed by atoms with Gasteiger partial charge in [-0.2, -0.15) is 4.57 Å². The predicted octanol–water partition coefficient (Wildman–Crippen LogP) is 0.556. The average molecular weight is 266 g/mol. The molecule has 0 radical (unpaired) electrons. The van der Waals surface area contributed by atoms with Crippen molar-refractivity contribution in [1.29, 1.82) is 0 Å². The Morgan fingerprint density at radius 3 is 2.89 bits per heavy atom. The number of imidazole rings is 1. The lowest BCUT2D eigenvalue weighted by Gasteiger charge is -2.29. The monoisotopic (exact) mass is 266 g/mol. The van der Waals surface area contributed by atoms with Gasteiger partial charge in [0.25, 0.3) is 6.33 Å². The first-order valence-electron chi connectivity index (χ1n) is 6.61. The highest BCUT2D eigenvalue weighted by Gasteiger charge is 2.31. The summed E-state index contributed by atoms with van der Waals surface area (Å²) in [5, 5.41) is 0. The zero-order chi connectivity index (χ0) is 13.8. The van der Waals surface area contributed by atoms with E-state index < -0.39 is 0 Å². The summed E-state index contributed by atoms with van der Waals surface area (Å²) in [4.78, 5) is 25.7. The van der Waals surface area contributed by atoms with Crippen molar-refractivity contribution in [2.45, 2.75) is 19.8 Å². The van der Waals surface area contributed by atoms with Crippen molar-refractivity contribution in [3.63, 3.8) is 0 Å². The van der Waals surface area contributed by atoms with Crippen molar-refractivity contribution >= 4 is 12.0 Å². The van der Waals surface area contributed by atoms with Crippen LogP contribution in [-0.4, -0.2) is 41.2 Å². The van der Waals surface area contributed by atoms with Crippen molar-refractivity contribution in [3.8, 4) is 0 Å².